The summed E-state index contributed by atoms with van der Waals surface area (Å²) in [7, 11) is 0. The molecule has 32 heavy (non-hydrogen) atoms. The maximum Gasteiger partial charge on any atom is 0.170 e. The third-order valence-electron chi connectivity index (χ3n) is 7.25. The summed E-state index contributed by atoms with van der Waals surface area (Å²) >= 11 is 5.95. The fraction of sp³-hybridized carbons (Fsp3) is 0.407. The van der Waals surface area contributed by atoms with Gasteiger partial charge in [0, 0.05) is 29.3 Å². The van der Waals surface area contributed by atoms with E-state index < -0.39 is 0 Å². The van der Waals surface area contributed by atoms with Gasteiger partial charge in [-0.15, -0.1) is 0 Å². The zero-order valence-electron chi connectivity index (χ0n) is 19.2. The zero-order chi connectivity index (χ0) is 22.2. The van der Waals surface area contributed by atoms with E-state index in [9.17, 15) is 0 Å². The molecule has 0 spiro atoms. The second-order valence-electron chi connectivity index (χ2n) is 9.27. The number of rotatable bonds is 4. The van der Waals surface area contributed by atoms with Crippen LogP contribution in [0.15, 0.2) is 54.7 Å². The number of thiocarbonyl (C=S) groups is 1. The van der Waals surface area contributed by atoms with Crippen molar-refractivity contribution in [2.45, 2.75) is 71.0 Å². The topological polar surface area (TPSA) is 33.1 Å². The highest BCUT2D eigenvalue weighted by Gasteiger charge is 2.44. The van der Waals surface area contributed by atoms with Gasteiger partial charge in [-0.25, -0.2) is 0 Å². The maximum atomic E-state index is 5.95. The highest BCUT2D eigenvalue weighted by molar-refractivity contribution is 7.80. The SMILES string of the molecule is Cc1ccccc1-n1c(C)cc([C@@H]2[C@@H](c3ccccn3)NC(=S)N2C2CCCCC2)c1C. The van der Waals surface area contributed by atoms with E-state index in [0.29, 0.717) is 6.04 Å². The average molecular weight is 445 g/mol. The summed E-state index contributed by atoms with van der Waals surface area (Å²) in [6.45, 7) is 6.65. The second-order valence-corrected chi connectivity index (χ2v) is 9.66. The Morgan fingerprint density at radius 1 is 0.969 bits per heavy atom. The molecule has 3 heterocycles. The first kappa shape index (κ1) is 21.2. The quantitative estimate of drug-likeness (QED) is 0.493. The van der Waals surface area contributed by atoms with Gasteiger partial charge in [-0.3, -0.25) is 4.98 Å². The average Bonchev–Trinajstić information content (AvgIpc) is 3.31. The number of aromatic nitrogens is 2. The van der Waals surface area contributed by atoms with Gasteiger partial charge in [0.05, 0.1) is 17.8 Å². The number of nitrogens with one attached hydrogen (secondary N) is 1. The normalized spacial score (nSPS) is 21.7. The van der Waals surface area contributed by atoms with Crippen LogP contribution >= 0.6 is 12.2 Å². The third kappa shape index (κ3) is 3.62. The molecule has 2 fully saturated rings. The van der Waals surface area contributed by atoms with Crippen LogP contribution in [0.3, 0.4) is 0 Å². The molecule has 0 amide bonds. The first-order valence-corrected chi connectivity index (χ1v) is 12.2. The third-order valence-corrected chi connectivity index (χ3v) is 7.58. The van der Waals surface area contributed by atoms with Crippen LogP contribution in [0.25, 0.3) is 5.69 Å². The largest absolute Gasteiger partial charge is 0.352 e. The summed E-state index contributed by atoms with van der Waals surface area (Å²) in [6, 6.07) is 17.9. The molecule has 2 aliphatic rings. The molecule has 0 bridgehead atoms. The van der Waals surface area contributed by atoms with E-state index in [1.54, 1.807) is 0 Å². The Kier molecular flexibility index (Phi) is 5.76. The molecule has 5 rings (SSSR count). The molecular weight excluding hydrogens is 412 g/mol. The first-order valence-electron chi connectivity index (χ1n) is 11.8. The summed E-state index contributed by atoms with van der Waals surface area (Å²) in [5.41, 5.74) is 7.48. The van der Waals surface area contributed by atoms with E-state index in [0.717, 1.165) is 10.8 Å². The molecule has 0 unspecified atom stereocenters. The molecule has 1 saturated carbocycles. The first-order chi connectivity index (χ1) is 15.6. The van der Waals surface area contributed by atoms with E-state index in [1.807, 2.05) is 12.3 Å². The van der Waals surface area contributed by atoms with Crippen LogP contribution in [0.4, 0.5) is 0 Å². The number of hydrogen-bond donors (Lipinski definition) is 1. The van der Waals surface area contributed by atoms with Crippen LogP contribution in [0, 0.1) is 20.8 Å². The van der Waals surface area contributed by atoms with E-state index in [1.165, 1.54) is 60.3 Å². The molecule has 1 aliphatic heterocycles. The lowest BCUT2D eigenvalue weighted by atomic mass is 9.90. The maximum absolute atomic E-state index is 5.95. The second kappa shape index (κ2) is 8.70. The summed E-state index contributed by atoms with van der Waals surface area (Å²) in [4.78, 5) is 7.24. The summed E-state index contributed by atoms with van der Waals surface area (Å²) in [5, 5.41) is 4.53. The number of pyridine rings is 1. The molecular formula is C27H32N4S. The Balaban J connectivity index is 1.64. The standard InChI is InChI=1S/C27H32N4S/c1-18-11-7-8-15-24(18)30-19(2)17-22(20(30)3)26-25(23-14-9-10-16-28-23)29-27(32)31(26)21-12-5-4-6-13-21/h7-11,14-17,21,25-26H,4-6,12-13H2,1-3H3,(H,29,32)/t25-,26-/m1/s1. The fourth-order valence-electron chi connectivity index (χ4n) is 5.72. The van der Waals surface area contributed by atoms with Crippen molar-refractivity contribution in [1.82, 2.24) is 19.8 Å². The minimum absolute atomic E-state index is 0.0523. The number of nitrogens with zero attached hydrogens (tertiary/aromatic N) is 3. The summed E-state index contributed by atoms with van der Waals surface area (Å²) in [6.07, 6.45) is 8.21. The van der Waals surface area contributed by atoms with Crippen LogP contribution < -0.4 is 5.32 Å². The number of hydrogen-bond acceptors (Lipinski definition) is 2. The monoisotopic (exact) mass is 444 g/mol. The molecule has 1 N–H and O–H groups in total. The Bertz CT molecular complexity index is 1110. The van der Waals surface area contributed by atoms with Gasteiger partial charge >= 0.3 is 0 Å². The van der Waals surface area contributed by atoms with Gasteiger partial charge < -0.3 is 14.8 Å². The molecule has 1 saturated heterocycles. The number of para-hydroxylation sites is 1. The summed E-state index contributed by atoms with van der Waals surface area (Å²) < 4.78 is 2.40. The van der Waals surface area contributed by atoms with Gasteiger partial charge in [-0.05, 0) is 81.2 Å². The van der Waals surface area contributed by atoms with Crippen molar-refractivity contribution < 1.29 is 0 Å². The van der Waals surface area contributed by atoms with E-state index in [2.05, 4.69) is 78.0 Å². The van der Waals surface area contributed by atoms with Crippen molar-refractivity contribution in [2.75, 3.05) is 0 Å². The predicted molar refractivity (Wildman–Crippen MR) is 134 cm³/mol. The van der Waals surface area contributed by atoms with Gasteiger partial charge in [0.1, 0.15) is 0 Å². The van der Waals surface area contributed by atoms with Crippen molar-refractivity contribution in [2.24, 2.45) is 0 Å². The molecule has 1 aliphatic carbocycles. The van der Waals surface area contributed by atoms with Crippen molar-refractivity contribution in [1.29, 1.82) is 0 Å². The van der Waals surface area contributed by atoms with Crippen molar-refractivity contribution in [3.8, 4) is 5.69 Å². The Morgan fingerprint density at radius 3 is 2.44 bits per heavy atom. The van der Waals surface area contributed by atoms with Gasteiger partial charge in [-0.2, -0.15) is 0 Å². The van der Waals surface area contributed by atoms with Crippen LogP contribution in [0.2, 0.25) is 0 Å². The van der Waals surface area contributed by atoms with Crippen molar-refractivity contribution in [3.63, 3.8) is 0 Å². The predicted octanol–water partition coefficient (Wildman–Crippen LogP) is 6.10. The molecule has 0 radical (unpaired) electrons. The van der Waals surface area contributed by atoms with Gasteiger partial charge in [0.2, 0.25) is 0 Å². The van der Waals surface area contributed by atoms with E-state index >= 15 is 0 Å². The smallest absolute Gasteiger partial charge is 0.170 e. The lowest BCUT2D eigenvalue weighted by Crippen LogP contribution is -2.40. The Labute approximate surface area is 196 Å². The Hall–Kier alpha value is -2.66. The van der Waals surface area contributed by atoms with E-state index in [-0.39, 0.29) is 12.1 Å². The highest BCUT2D eigenvalue weighted by atomic mass is 32.1. The summed E-state index contributed by atoms with van der Waals surface area (Å²) in [5.74, 6) is 0. The molecule has 1 aromatic carbocycles. The molecule has 5 heteroatoms. The Morgan fingerprint density at radius 2 is 1.72 bits per heavy atom. The minimum Gasteiger partial charge on any atom is -0.352 e. The van der Waals surface area contributed by atoms with Gasteiger partial charge in [-0.1, -0.05) is 43.5 Å². The van der Waals surface area contributed by atoms with Crippen LogP contribution in [-0.2, 0) is 0 Å². The van der Waals surface area contributed by atoms with Gasteiger partial charge in [0.25, 0.3) is 0 Å². The zero-order valence-corrected chi connectivity index (χ0v) is 20.0. The van der Waals surface area contributed by atoms with Crippen molar-refractivity contribution >= 4 is 17.3 Å². The molecule has 4 nitrogen and oxygen atoms in total. The lowest BCUT2D eigenvalue weighted by Gasteiger charge is -2.37. The van der Waals surface area contributed by atoms with E-state index in [4.69, 9.17) is 17.2 Å². The highest BCUT2D eigenvalue weighted by Crippen LogP contribution is 2.44. The molecule has 3 aromatic rings. The molecule has 2 atom stereocenters. The molecule has 166 valence electrons. The van der Waals surface area contributed by atoms with Crippen LogP contribution in [0.5, 0.6) is 0 Å². The van der Waals surface area contributed by atoms with Crippen molar-refractivity contribution in [3.05, 3.63) is 82.9 Å². The van der Waals surface area contributed by atoms with Crippen LogP contribution in [0.1, 0.15) is 72.4 Å². The molecule has 2 aromatic heterocycles. The minimum atomic E-state index is 0.0523. The lowest BCUT2D eigenvalue weighted by molar-refractivity contribution is 0.197. The van der Waals surface area contributed by atoms with Crippen LogP contribution in [-0.4, -0.2) is 25.6 Å². The van der Waals surface area contributed by atoms with Gasteiger partial charge in [0.15, 0.2) is 5.11 Å². The number of aryl methyl sites for hydroxylation is 2. The number of benzene rings is 1. The fourth-order valence-corrected chi connectivity index (χ4v) is 6.11.